The van der Waals surface area contributed by atoms with Gasteiger partial charge in [0.1, 0.15) is 5.52 Å². The zero-order chi connectivity index (χ0) is 16.2. The van der Waals surface area contributed by atoms with Crippen LogP contribution in [0, 0.1) is 13.8 Å². The monoisotopic (exact) mass is 409 g/mol. The van der Waals surface area contributed by atoms with Gasteiger partial charge in [-0.05, 0) is 26.0 Å². The molecule has 0 amide bonds. The van der Waals surface area contributed by atoms with Gasteiger partial charge in [-0.1, -0.05) is 38.9 Å². The van der Waals surface area contributed by atoms with Crippen molar-refractivity contribution in [3.8, 4) is 5.13 Å². The molecule has 3 rings (SSSR count). The predicted octanol–water partition coefficient (Wildman–Crippen LogP) is 5.53. The quantitative estimate of drug-likeness (QED) is 0.528. The lowest BCUT2D eigenvalue weighted by molar-refractivity contribution is -0.136. The van der Waals surface area contributed by atoms with Crippen molar-refractivity contribution in [1.82, 2.24) is 14.8 Å². The smallest absolute Gasteiger partial charge is 0.217 e. The molecule has 0 bridgehead atoms. The fourth-order valence-corrected chi connectivity index (χ4v) is 4.57. The minimum atomic E-state index is -4.50. The summed E-state index contributed by atoms with van der Waals surface area (Å²) in [6, 6.07) is 3.05. The first kappa shape index (κ1) is 15.8. The van der Waals surface area contributed by atoms with Crippen molar-refractivity contribution in [3.05, 3.63) is 38.6 Å². The molecule has 0 unspecified atom stereocenters. The minimum absolute atomic E-state index is 0.00516. The van der Waals surface area contributed by atoms with Crippen LogP contribution in [-0.4, -0.2) is 14.8 Å². The van der Waals surface area contributed by atoms with E-state index in [1.54, 1.807) is 0 Å². The zero-order valence-electron chi connectivity index (χ0n) is 11.3. The molecule has 0 atom stereocenters. The Kier molecular flexibility index (Phi) is 3.73. The Morgan fingerprint density at radius 1 is 1.27 bits per heavy atom. The van der Waals surface area contributed by atoms with Gasteiger partial charge in [-0.2, -0.15) is 18.3 Å². The molecular formula is C13H8BrClF3N3S. The van der Waals surface area contributed by atoms with Crippen LogP contribution in [0.2, 0.25) is 5.02 Å². The van der Waals surface area contributed by atoms with Crippen molar-refractivity contribution in [1.29, 1.82) is 0 Å². The highest BCUT2D eigenvalue weighted by molar-refractivity contribution is 9.10. The fraction of sp³-hybridized carbons (Fsp3) is 0.231. The number of hydrogen-bond donors (Lipinski definition) is 0. The van der Waals surface area contributed by atoms with Crippen molar-refractivity contribution in [2.24, 2.45) is 0 Å². The normalized spacial score (nSPS) is 12.3. The summed E-state index contributed by atoms with van der Waals surface area (Å²) in [5, 5.41) is 4.77. The molecule has 3 aromatic rings. The molecule has 116 valence electrons. The van der Waals surface area contributed by atoms with Crippen LogP contribution < -0.4 is 0 Å². The lowest BCUT2D eigenvalue weighted by Gasteiger charge is -2.10. The van der Waals surface area contributed by atoms with Gasteiger partial charge in [0.05, 0.1) is 21.0 Å². The van der Waals surface area contributed by atoms with E-state index in [1.165, 1.54) is 10.7 Å². The van der Waals surface area contributed by atoms with Crippen molar-refractivity contribution in [2.45, 2.75) is 20.0 Å². The maximum absolute atomic E-state index is 13.3. The highest BCUT2D eigenvalue weighted by atomic mass is 79.9. The minimum Gasteiger partial charge on any atom is -0.217 e. The maximum atomic E-state index is 13.3. The third-order valence-electron chi connectivity index (χ3n) is 3.04. The third kappa shape index (κ3) is 2.53. The molecule has 0 aliphatic carbocycles. The lowest BCUT2D eigenvalue weighted by Crippen LogP contribution is -2.06. The largest absolute Gasteiger partial charge is 0.418 e. The van der Waals surface area contributed by atoms with Crippen LogP contribution in [-0.2, 0) is 6.18 Å². The maximum Gasteiger partial charge on any atom is 0.418 e. The number of benzene rings is 1. The molecule has 0 aliphatic rings. The second-order valence-corrected chi connectivity index (χ2v) is 6.97. The van der Waals surface area contributed by atoms with E-state index in [4.69, 9.17) is 11.6 Å². The van der Waals surface area contributed by atoms with Crippen molar-refractivity contribution in [2.75, 3.05) is 0 Å². The van der Waals surface area contributed by atoms with Crippen molar-refractivity contribution in [3.63, 3.8) is 0 Å². The van der Waals surface area contributed by atoms with Crippen LogP contribution >= 0.6 is 38.9 Å². The number of halogens is 5. The molecule has 0 spiro atoms. The average molecular weight is 411 g/mol. The fourth-order valence-electron chi connectivity index (χ4n) is 2.18. The molecule has 0 aliphatic heterocycles. The Balaban J connectivity index is 2.34. The third-order valence-corrected chi connectivity index (χ3v) is 5.00. The Morgan fingerprint density at radius 2 is 1.95 bits per heavy atom. The van der Waals surface area contributed by atoms with E-state index in [1.807, 2.05) is 19.9 Å². The highest BCUT2D eigenvalue weighted by Crippen LogP contribution is 2.45. The Hall–Kier alpha value is -1.12. The number of aryl methyl sites for hydroxylation is 2. The highest BCUT2D eigenvalue weighted by Gasteiger charge is 2.37. The molecule has 2 aromatic heterocycles. The number of aromatic nitrogens is 3. The molecule has 1 aromatic carbocycles. The Labute approximate surface area is 140 Å². The van der Waals surface area contributed by atoms with E-state index in [0.29, 0.717) is 5.13 Å². The molecule has 9 heteroatoms. The molecule has 22 heavy (non-hydrogen) atoms. The first-order chi connectivity index (χ1) is 10.2. The van der Waals surface area contributed by atoms with E-state index in [-0.39, 0.29) is 19.7 Å². The topological polar surface area (TPSA) is 30.7 Å². The number of nitrogens with zero attached hydrogens (tertiary/aromatic N) is 3. The summed E-state index contributed by atoms with van der Waals surface area (Å²) in [6.45, 7) is 3.62. The molecule has 0 radical (unpaired) electrons. The standard InChI is InChI=1S/C13H8BrClF3N3S/c1-5-3-6(2)21(20-5)12-19-10-8(15)4-7(14)9(11(10)22-12)13(16,17)18/h3-4H,1-2H3. The molecule has 0 saturated carbocycles. The summed E-state index contributed by atoms with van der Waals surface area (Å²) in [7, 11) is 0. The first-order valence-electron chi connectivity index (χ1n) is 6.08. The number of hydrogen-bond acceptors (Lipinski definition) is 3. The van der Waals surface area contributed by atoms with Gasteiger partial charge in [0.2, 0.25) is 5.13 Å². The van der Waals surface area contributed by atoms with Crippen LogP contribution in [0.1, 0.15) is 17.0 Å². The Morgan fingerprint density at radius 3 is 2.50 bits per heavy atom. The summed E-state index contributed by atoms with van der Waals surface area (Å²) >= 11 is 9.90. The van der Waals surface area contributed by atoms with Gasteiger partial charge in [0.15, 0.2) is 0 Å². The van der Waals surface area contributed by atoms with Crippen molar-refractivity contribution < 1.29 is 13.2 Å². The average Bonchev–Trinajstić information content (AvgIpc) is 2.91. The van der Waals surface area contributed by atoms with Crippen LogP contribution in [0.3, 0.4) is 0 Å². The second kappa shape index (κ2) is 5.21. The van der Waals surface area contributed by atoms with Gasteiger partial charge in [-0.15, -0.1) is 0 Å². The number of alkyl halides is 3. The summed E-state index contributed by atoms with van der Waals surface area (Å²) in [5.41, 5.74) is 0.919. The van der Waals surface area contributed by atoms with Crippen LogP contribution in [0.5, 0.6) is 0 Å². The van der Waals surface area contributed by atoms with Crippen LogP contribution in [0.15, 0.2) is 16.6 Å². The molecule has 0 N–H and O–H groups in total. The van der Waals surface area contributed by atoms with E-state index in [9.17, 15) is 13.2 Å². The van der Waals surface area contributed by atoms with Gasteiger partial charge in [0.25, 0.3) is 0 Å². The molecule has 3 nitrogen and oxygen atoms in total. The van der Waals surface area contributed by atoms with E-state index in [0.717, 1.165) is 22.7 Å². The number of fused-ring (bicyclic) bond motifs is 1. The number of thiazole rings is 1. The SMILES string of the molecule is Cc1cc(C)n(-c2nc3c(Cl)cc(Br)c(C(F)(F)F)c3s2)n1. The molecule has 2 heterocycles. The van der Waals surface area contributed by atoms with Crippen molar-refractivity contribution >= 4 is 49.1 Å². The molecular weight excluding hydrogens is 403 g/mol. The van der Waals surface area contributed by atoms with Gasteiger partial charge in [-0.25, -0.2) is 9.67 Å². The summed E-state index contributed by atoms with van der Waals surface area (Å²) in [5.74, 6) is 0. The van der Waals surface area contributed by atoms with Crippen LogP contribution in [0.4, 0.5) is 13.2 Å². The Bertz CT molecular complexity index is 885. The molecule has 0 fully saturated rings. The van der Waals surface area contributed by atoms with Gasteiger partial charge in [-0.3, -0.25) is 0 Å². The lowest BCUT2D eigenvalue weighted by atomic mass is 10.2. The van der Waals surface area contributed by atoms with E-state index >= 15 is 0 Å². The summed E-state index contributed by atoms with van der Waals surface area (Å²) < 4.78 is 41.3. The van der Waals surface area contributed by atoms with E-state index in [2.05, 4.69) is 26.0 Å². The second-order valence-electron chi connectivity index (χ2n) is 4.73. The molecule has 0 saturated heterocycles. The van der Waals surface area contributed by atoms with Crippen LogP contribution in [0.25, 0.3) is 15.3 Å². The van der Waals surface area contributed by atoms with Gasteiger partial charge in [0, 0.05) is 10.2 Å². The van der Waals surface area contributed by atoms with E-state index < -0.39 is 11.7 Å². The van der Waals surface area contributed by atoms with Gasteiger partial charge >= 0.3 is 6.18 Å². The van der Waals surface area contributed by atoms with Gasteiger partial charge < -0.3 is 0 Å². The predicted molar refractivity (Wildman–Crippen MR) is 83.9 cm³/mol. The zero-order valence-corrected chi connectivity index (χ0v) is 14.5. The first-order valence-corrected chi connectivity index (χ1v) is 8.06. The number of rotatable bonds is 1. The summed E-state index contributed by atoms with van der Waals surface area (Å²) in [4.78, 5) is 4.24. The summed E-state index contributed by atoms with van der Waals surface area (Å²) in [6.07, 6.45) is -4.50.